The van der Waals surface area contributed by atoms with E-state index in [2.05, 4.69) is 10.1 Å². The van der Waals surface area contributed by atoms with Gasteiger partial charge in [-0.15, -0.1) is 0 Å². The van der Waals surface area contributed by atoms with Gasteiger partial charge in [-0.2, -0.15) is 4.98 Å². The first kappa shape index (κ1) is 11.7. The van der Waals surface area contributed by atoms with Gasteiger partial charge in [0.05, 0.1) is 10.6 Å². The summed E-state index contributed by atoms with van der Waals surface area (Å²) in [6.45, 7) is 2.79. The maximum absolute atomic E-state index is 6.07. The zero-order valence-corrected chi connectivity index (χ0v) is 10.4. The van der Waals surface area contributed by atoms with Crippen molar-refractivity contribution >= 4 is 23.2 Å². The van der Waals surface area contributed by atoms with Crippen LogP contribution in [-0.4, -0.2) is 23.7 Å². The number of nitrogen functional groups attached to an aromatic ring is 1. The van der Waals surface area contributed by atoms with Crippen LogP contribution in [0.4, 0.5) is 11.6 Å². The average molecular weight is 253 g/mol. The number of hydrogen-bond donors (Lipinski definition) is 1. The highest BCUT2D eigenvalue weighted by atomic mass is 35.5. The number of nitrogens with two attached hydrogens (primary N) is 1. The fourth-order valence-electron chi connectivity index (χ4n) is 1.38. The van der Waals surface area contributed by atoms with Crippen LogP contribution in [0.15, 0.2) is 22.7 Å². The van der Waals surface area contributed by atoms with Crippen LogP contribution in [0.2, 0.25) is 5.02 Å². The number of anilines is 2. The van der Waals surface area contributed by atoms with Gasteiger partial charge in [0.15, 0.2) is 0 Å². The fraction of sp³-hybridized carbons (Fsp3) is 0.273. The van der Waals surface area contributed by atoms with E-state index in [0.29, 0.717) is 28.1 Å². The molecule has 0 bridgehead atoms. The summed E-state index contributed by atoms with van der Waals surface area (Å²) in [7, 11) is 1.88. The normalized spacial score (nSPS) is 10.5. The molecule has 0 radical (unpaired) electrons. The van der Waals surface area contributed by atoms with Crippen molar-refractivity contribution in [2.45, 2.75) is 6.92 Å². The van der Waals surface area contributed by atoms with Crippen LogP contribution in [0.1, 0.15) is 6.92 Å². The molecular formula is C11H13ClN4O. The van der Waals surface area contributed by atoms with Crippen molar-refractivity contribution in [1.82, 2.24) is 10.1 Å². The summed E-state index contributed by atoms with van der Waals surface area (Å²) in [4.78, 5) is 6.12. The van der Waals surface area contributed by atoms with Gasteiger partial charge in [-0.05, 0) is 24.2 Å². The molecule has 2 rings (SSSR count). The van der Waals surface area contributed by atoms with Gasteiger partial charge >= 0.3 is 0 Å². The van der Waals surface area contributed by atoms with Crippen molar-refractivity contribution < 1.29 is 4.52 Å². The number of benzene rings is 1. The molecule has 6 heteroatoms. The van der Waals surface area contributed by atoms with E-state index in [0.717, 1.165) is 6.54 Å². The van der Waals surface area contributed by atoms with Crippen LogP contribution in [-0.2, 0) is 0 Å². The first-order valence-corrected chi connectivity index (χ1v) is 5.60. The van der Waals surface area contributed by atoms with Gasteiger partial charge in [-0.25, -0.2) is 0 Å². The molecule has 2 aromatic rings. The van der Waals surface area contributed by atoms with Gasteiger partial charge in [0.2, 0.25) is 0 Å². The van der Waals surface area contributed by atoms with E-state index < -0.39 is 0 Å². The molecule has 0 saturated heterocycles. The molecule has 1 heterocycles. The number of nitrogens with zero attached hydrogens (tertiary/aromatic N) is 3. The van der Waals surface area contributed by atoms with Crippen molar-refractivity contribution in [3.8, 4) is 11.5 Å². The van der Waals surface area contributed by atoms with Crippen LogP contribution in [0, 0.1) is 0 Å². The minimum absolute atomic E-state index is 0.336. The quantitative estimate of drug-likeness (QED) is 0.850. The molecule has 0 aliphatic rings. The van der Waals surface area contributed by atoms with Gasteiger partial charge in [0.1, 0.15) is 0 Å². The predicted octanol–water partition coefficient (Wildman–Crippen LogP) is 2.43. The summed E-state index contributed by atoms with van der Waals surface area (Å²) in [5.41, 5.74) is 6.95. The third-order valence-corrected chi connectivity index (χ3v) is 2.81. The van der Waals surface area contributed by atoms with E-state index in [1.54, 1.807) is 18.2 Å². The van der Waals surface area contributed by atoms with Crippen LogP contribution in [0.3, 0.4) is 0 Å². The predicted molar refractivity (Wildman–Crippen MR) is 68.1 cm³/mol. The monoisotopic (exact) mass is 252 g/mol. The number of hydrogen-bond acceptors (Lipinski definition) is 5. The molecule has 0 unspecified atom stereocenters. The fourth-order valence-corrected chi connectivity index (χ4v) is 1.64. The van der Waals surface area contributed by atoms with Gasteiger partial charge in [0, 0.05) is 19.3 Å². The molecule has 0 fully saturated rings. The van der Waals surface area contributed by atoms with E-state index in [9.17, 15) is 0 Å². The van der Waals surface area contributed by atoms with E-state index >= 15 is 0 Å². The molecule has 0 aliphatic heterocycles. The topological polar surface area (TPSA) is 68.2 Å². The van der Waals surface area contributed by atoms with Gasteiger partial charge < -0.3 is 15.2 Å². The standard InChI is InChI=1S/C11H13ClN4O/c1-3-16(2)11-14-10(17-15-11)9-7(12)5-4-6-8(9)13/h4-6H,3,13H2,1-2H3. The second-order valence-corrected chi connectivity index (χ2v) is 4.02. The SMILES string of the molecule is CCN(C)c1noc(-c2c(N)cccc2Cl)n1. The maximum atomic E-state index is 6.07. The number of aromatic nitrogens is 2. The smallest absolute Gasteiger partial charge is 0.266 e. The second-order valence-electron chi connectivity index (χ2n) is 3.62. The Morgan fingerprint density at radius 1 is 1.47 bits per heavy atom. The summed E-state index contributed by atoms with van der Waals surface area (Å²) >= 11 is 6.07. The summed E-state index contributed by atoms with van der Waals surface area (Å²) in [6, 6.07) is 5.26. The highest BCUT2D eigenvalue weighted by molar-refractivity contribution is 6.33. The Balaban J connectivity index is 2.44. The molecule has 5 nitrogen and oxygen atoms in total. The maximum Gasteiger partial charge on any atom is 0.266 e. The first-order valence-electron chi connectivity index (χ1n) is 5.22. The Kier molecular flexibility index (Phi) is 3.19. The molecule has 2 N–H and O–H groups in total. The van der Waals surface area contributed by atoms with Gasteiger partial charge in [-0.3, -0.25) is 0 Å². The van der Waals surface area contributed by atoms with E-state index in [-0.39, 0.29) is 0 Å². The Labute approximate surface area is 104 Å². The van der Waals surface area contributed by atoms with Crippen LogP contribution >= 0.6 is 11.6 Å². The Morgan fingerprint density at radius 3 is 2.88 bits per heavy atom. The highest BCUT2D eigenvalue weighted by Crippen LogP contribution is 2.32. The molecule has 0 saturated carbocycles. The lowest BCUT2D eigenvalue weighted by atomic mass is 10.2. The molecule has 0 amide bonds. The lowest BCUT2D eigenvalue weighted by molar-refractivity contribution is 0.430. The van der Waals surface area contributed by atoms with Crippen molar-refractivity contribution in [1.29, 1.82) is 0 Å². The summed E-state index contributed by atoms with van der Waals surface area (Å²) in [5, 5.41) is 4.37. The summed E-state index contributed by atoms with van der Waals surface area (Å²) < 4.78 is 5.17. The summed E-state index contributed by atoms with van der Waals surface area (Å²) in [6.07, 6.45) is 0. The lowest BCUT2D eigenvalue weighted by Gasteiger charge is -2.08. The zero-order chi connectivity index (χ0) is 12.4. The number of rotatable bonds is 3. The zero-order valence-electron chi connectivity index (χ0n) is 9.64. The molecular weight excluding hydrogens is 240 g/mol. The van der Waals surface area contributed by atoms with Crippen LogP contribution in [0.25, 0.3) is 11.5 Å². The molecule has 1 aromatic carbocycles. The second kappa shape index (κ2) is 4.63. The molecule has 0 atom stereocenters. The Hall–Kier alpha value is -1.75. The minimum Gasteiger partial charge on any atom is -0.398 e. The Morgan fingerprint density at radius 2 is 2.24 bits per heavy atom. The number of halogens is 1. The van der Waals surface area contributed by atoms with E-state index in [1.807, 2.05) is 18.9 Å². The molecule has 90 valence electrons. The minimum atomic E-state index is 0.336. The molecule has 1 aromatic heterocycles. The molecule has 0 spiro atoms. The largest absolute Gasteiger partial charge is 0.398 e. The average Bonchev–Trinajstić information content (AvgIpc) is 2.77. The van der Waals surface area contributed by atoms with Crippen LogP contribution in [0.5, 0.6) is 0 Å². The van der Waals surface area contributed by atoms with E-state index in [4.69, 9.17) is 21.9 Å². The van der Waals surface area contributed by atoms with Crippen molar-refractivity contribution in [2.24, 2.45) is 0 Å². The van der Waals surface area contributed by atoms with Crippen LogP contribution < -0.4 is 10.6 Å². The molecule has 17 heavy (non-hydrogen) atoms. The van der Waals surface area contributed by atoms with Gasteiger partial charge in [0.25, 0.3) is 11.8 Å². The lowest BCUT2D eigenvalue weighted by Crippen LogP contribution is -2.16. The third-order valence-electron chi connectivity index (χ3n) is 2.49. The highest BCUT2D eigenvalue weighted by Gasteiger charge is 2.16. The molecule has 0 aliphatic carbocycles. The van der Waals surface area contributed by atoms with E-state index in [1.165, 1.54) is 0 Å². The van der Waals surface area contributed by atoms with Crippen molar-refractivity contribution in [2.75, 3.05) is 24.2 Å². The first-order chi connectivity index (χ1) is 8.13. The van der Waals surface area contributed by atoms with Gasteiger partial charge in [-0.1, -0.05) is 17.7 Å². The Bertz CT molecular complexity index is 506. The van der Waals surface area contributed by atoms with Crippen molar-refractivity contribution in [3.05, 3.63) is 23.2 Å². The summed E-state index contributed by atoms with van der Waals surface area (Å²) in [5.74, 6) is 0.852. The van der Waals surface area contributed by atoms with Crippen molar-refractivity contribution in [3.63, 3.8) is 0 Å². The third kappa shape index (κ3) is 2.19.